The maximum absolute atomic E-state index is 12.4. The van der Waals surface area contributed by atoms with Crippen molar-refractivity contribution >= 4 is 17.7 Å². The maximum Gasteiger partial charge on any atom is 0.314 e. The minimum Gasteiger partial charge on any atom is -0.463 e. The van der Waals surface area contributed by atoms with Crippen LogP contribution in [0.15, 0.2) is 54.6 Å². The van der Waals surface area contributed by atoms with E-state index in [1.165, 1.54) is 7.11 Å². The first-order valence-corrected chi connectivity index (χ1v) is 10.0. The normalized spacial score (nSPS) is 12.6. The van der Waals surface area contributed by atoms with E-state index < -0.39 is 11.9 Å². The standard InChI is InChI=1S/C24H28O6/c1-4-18(24(27)29-15-14-28-3)16-17(2)23(26)30-21-12-10-20(11-13-21)22(25)19-8-6-5-7-9-19/h5-13,17-18H,4,14-16H2,1-3H3. The van der Waals surface area contributed by atoms with Crippen molar-refractivity contribution in [1.82, 2.24) is 0 Å². The summed E-state index contributed by atoms with van der Waals surface area (Å²) >= 11 is 0. The van der Waals surface area contributed by atoms with Gasteiger partial charge in [0.05, 0.1) is 18.4 Å². The van der Waals surface area contributed by atoms with E-state index in [-0.39, 0.29) is 24.3 Å². The molecule has 6 heteroatoms. The van der Waals surface area contributed by atoms with Gasteiger partial charge in [-0.25, -0.2) is 0 Å². The van der Waals surface area contributed by atoms with Crippen LogP contribution in [-0.4, -0.2) is 38.0 Å². The van der Waals surface area contributed by atoms with Crippen LogP contribution in [0.4, 0.5) is 0 Å². The Morgan fingerprint density at radius 2 is 1.50 bits per heavy atom. The van der Waals surface area contributed by atoms with Gasteiger partial charge in [0, 0.05) is 18.2 Å². The van der Waals surface area contributed by atoms with Crippen LogP contribution in [0, 0.1) is 11.8 Å². The van der Waals surface area contributed by atoms with E-state index in [1.54, 1.807) is 43.3 Å². The zero-order valence-corrected chi connectivity index (χ0v) is 17.6. The van der Waals surface area contributed by atoms with Gasteiger partial charge in [0.2, 0.25) is 0 Å². The fourth-order valence-electron chi connectivity index (χ4n) is 2.94. The highest BCUT2D eigenvalue weighted by Crippen LogP contribution is 2.21. The number of benzene rings is 2. The predicted molar refractivity (Wildman–Crippen MR) is 112 cm³/mol. The Morgan fingerprint density at radius 1 is 0.867 bits per heavy atom. The van der Waals surface area contributed by atoms with Gasteiger partial charge in [-0.1, -0.05) is 44.2 Å². The lowest BCUT2D eigenvalue weighted by atomic mass is 9.94. The second-order valence-corrected chi connectivity index (χ2v) is 7.04. The average Bonchev–Trinajstić information content (AvgIpc) is 2.77. The van der Waals surface area contributed by atoms with Gasteiger partial charge in [-0.15, -0.1) is 0 Å². The van der Waals surface area contributed by atoms with Crippen molar-refractivity contribution in [3.05, 3.63) is 65.7 Å². The second-order valence-electron chi connectivity index (χ2n) is 7.04. The Kier molecular flexibility index (Phi) is 9.22. The number of rotatable bonds is 11. The molecule has 2 aromatic rings. The number of esters is 2. The van der Waals surface area contributed by atoms with Crippen molar-refractivity contribution in [2.75, 3.05) is 20.3 Å². The molecule has 0 N–H and O–H groups in total. The fraction of sp³-hybridized carbons (Fsp3) is 0.375. The van der Waals surface area contributed by atoms with E-state index >= 15 is 0 Å². The number of carbonyl (C=O) groups is 3. The average molecular weight is 412 g/mol. The topological polar surface area (TPSA) is 78.9 Å². The fourth-order valence-corrected chi connectivity index (χ4v) is 2.94. The second kappa shape index (κ2) is 11.9. The molecule has 0 heterocycles. The molecule has 2 rings (SSSR count). The van der Waals surface area contributed by atoms with E-state index in [9.17, 15) is 14.4 Å². The van der Waals surface area contributed by atoms with E-state index in [1.807, 2.05) is 25.1 Å². The third-order valence-corrected chi connectivity index (χ3v) is 4.77. The van der Waals surface area contributed by atoms with Gasteiger partial charge in [0.15, 0.2) is 5.78 Å². The lowest BCUT2D eigenvalue weighted by molar-refractivity contribution is -0.151. The summed E-state index contributed by atoms with van der Waals surface area (Å²) in [7, 11) is 1.54. The summed E-state index contributed by atoms with van der Waals surface area (Å²) in [6.07, 6.45) is 0.908. The van der Waals surface area contributed by atoms with Crippen LogP contribution in [-0.2, 0) is 19.1 Å². The van der Waals surface area contributed by atoms with E-state index in [0.717, 1.165) is 0 Å². The summed E-state index contributed by atoms with van der Waals surface area (Å²) in [5.74, 6) is -1.36. The summed E-state index contributed by atoms with van der Waals surface area (Å²) in [4.78, 5) is 37.0. The molecule has 2 atom stereocenters. The van der Waals surface area contributed by atoms with Crippen LogP contribution in [0.25, 0.3) is 0 Å². The Balaban J connectivity index is 1.91. The summed E-state index contributed by atoms with van der Waals surface area (Å²) in [5, 5.41) is 0. The highest BCUT2D eigenvalue weighted by molar-refractivity contribution is 6.09. The Labute approximate surface area is 177 Å². The zero-order chi connectivity index (χ0) is 21.9. The number of hydrogen-bond donors (Lipinski definition) is 0. The van der Waals surface area contributed by atoms with Crippen LogP contribution < -0.4 is 4.74 Å². The highest BCUT2D eigenvalue weighted by atomic mass is 16.6. The van der Waals surface area contributed by atoms with Crippen LogP contribution >= 0.6 is 0 Å². The van der Waals surface area contributed by atoms with Crippen molar-refractivity contribution in [2.45, 2.75) is 26.7 Å². The lowest BCUT2D eigenvalue weighted by Gasteiger charge is -2.18. The molecule has 0 spiro atoms. The lowest BCUT2D eigenvalue weighted by Crippen LogP contribution is -2.26. The molecule has 2 unspecified atom stereocenters. The van der Waals surface area contributed by atoms with Crippen LogP contribution in [0.3, 0.4) is 0 Å². The molecule has 0 aliphatic rings. The molecule has 0 bridgehead atoms. The van der Waals surface area contributed by atoms with Crippen molar-refractivity contribution in [2.24, 2.45) is 11.8 Å². The van der Waals surface area contributed by atoms with Gasteiger partial charge in [-0.2, -0.15) is 0 Å². The van der Waals surface area contributed by atoms with Crippen LogP contribution in [0.1, 0.15) is 42.6 Å². The van der Waals surface area contributed by atoms with Gasteiger partial charge in [-0.3, -0.25) is 14.4 Å². The van der Waals surface area contributed by atoms with Crippen molar-refractivity contribution < 1.29 is 28.6 Å². The maximum atomic E-state index is 12.4. The molecule has 0 radical (unpaired) electrons. The third kappa shape index (κ3) is 6.81. The number of hydrogen-bond acceptors (Lipinski definition) is 6. The first-order chi connectivity index (χ1) is 14.5. The Bertz CT molecular complexity index is 829. The van der Waals surface area contributed by atoms with Gasteiger partial charge < -0.3 is 14.2 Å². The SMILES string of the molecule is CCC(CC(C)C(=O)Oc1ccc(C(=O)c2ccccc2)cc1)C(=O)OCCOC. The first kappa shape index (κ1) is 23.3. The summed E-state index contributed by atoms with van der Waals surface area (Å²) in [6, 6.07) is 15.4. The van der Waals surface area contributed by atoms with Gasteiger partial charge >= 0.3 is 11.9 Å². The van der Waals surface area contributed by atoms with Crippen molar-refractivity contribution in [1.29, 1.82) is 0 Å². The molecule has 30 heavy (non-hydrogen) atoms. The quantitative estimate of drug-likeness (QED) is 0.240. The Hall–Kier alpha value is -2.99. The summed E-state index contributed by atoms with van der Waals surface area (Å²) in [5.41, 5.74) is 1.11. The molecule has 0 saturated heterocycles. The molecule has 160 valence electrons. The zero-order valence-electron chi connectivity index (χ0n) is 17.6. The minimum absolute atomic E-state index is 0.0976. The summed E-state index contributed by atoms with van der Waals surface area (Å²) in [6.45, 7) is 4.13. The monoisotopic (exact) mass is 412 g/mol. The smallest absolute Gasteiger partial charge is 0.314 e. The third-order valence-electron chi connectivity index (χ3n) is 4.77. The van der Waals surface area contributed by atoms with E-state index in [4.69, 9.17) is 14.2 Å². The van der Waals surface area contributed by atoms with Crippen LogP contribution in [0.5, 0.6) is 5.75 Å². The molecule has 0 fully saturated rings. The summed E-state index contributed by atoms with van der Waals surface area (Å²) < 4.78 is 15.4. The number of carbonyl (C=O) groups excluding carboxylic acids is 3. The number of methoxy groups -OCH3 is 1. The molecule has 0 aromatic heterocycles. The largest absolute Gasteiger partial charge is 0.463 e. The van der Waals surface area contributed by atoms with Gasteiger partial charge in [0.1, 0.15) is 12.4 Å². The molecule has 0 saturated carbocycles. The molecule has 0 amide bonds. The van der Waals surface area contributed by atoms with Gasteiger partial charge in [0.25, 0.3) is 0 Å². The van der Waals surface area contributed by atoms with Crippen molar-refractivity contribution in [3.63, 3.8) is 0 Å². The molecular formula is C24H28O6. The number of ketones is 1. The van der Waals surface area contributed by atoms with E-state index in [2.05, 4.69) is 0 Å². The number of ether oxygens (including phenoxy) is 3. The molecule has 0 aliphatic carbocycles. The predicted octanol–water partition coefficient (Wildman–Crippen LogP) is 4.07. The molecular weight excluding hydrogens is 384 g/mol. The highest BCUT2D eigenvalue weighted by Gasteiger charge is 2.25. The Morgan fingerprint density at radius 3 is 2.10 bits per heavy atom. The molecule has 2 aromatic carbocycles. The van der Waals surface area contributed by atoms with Crippen LogP contribution in [0.2, 0.25) is 0 Å². The molecule has 0 aliphatic heterocycles. The first-order valence-electron chi connectivity index (χ1n) is 10.0. The van der Waals surface area contributed by atoms with Crippen molar-refractivity contribution in [3.8, 4) is 5.75 Å². The molecule has 6 nitrogen and oxygen atoms in total. The minimum atomic E-state index is -0.476. The van der Waals surface area contributed by atoms with E-state index in [0.29, 0.717) is 36.3 Å². The van der Waals surface area contributed by atoms with Gasteiger partial charge in [-0.05, 0) is 37.1 Å².